The molecule has 28 heavy (non-hydrogen) atoms. The molecule has 0 aliphatic rings. The van der Waals surface area contributed by atoms with E-state index in [-0.39, 0.29) is 11.8 Å². The van der Waals surface area contributed by atoms with E-state index >= 15 is 0 Å². The summed E-state index contributed by atoms with van der Waals surface area (Å²) in [5.41, 5.74) is 5.52. The molecular weight excluding hydrogens is 373 g/mol. The van der Waals surface area contributed by atoms with Gasteiger partial charge in [0.15, 0.2) is 0 Å². The van der Waals surface area contributed by atoms with Crippen LogP contribution in [0.5, 0.6) is 0 Å². The highest BCUT2D eigenvalue weighted by atomic mass is 19.4. The Balaban J connectivity index is 0.00000280. The molecule has 0 saturated heterocycles. The van der Waals surface area contributed by atoms with E-state index in [2.05, 4.69) is 20.3 Å². The first-order valence-corrected chi connectivity index (χ1v) is 8.03. The number of anilines is 1. The number of hydrogen-bond donors (Lipinski definition) is 3. The number of carbonyl (C=O) groups excluding carboxylic acids is 1. The third-order valence-electron chi connectivity index (χ3n) is 4.01. The SMILES string of the molecule is Cc1nc(NC(C)c2cccc(C(F)(F)F)c2)c2cc(C(N)=O)ncc2n1.N. The maximum absolute atomic E-state index is 12.9. The Morgan fingerprint density at radius 2 is 1.93 bits per heavy atom. The van der Waals surface area contributed by atoms with Crippen molar-refractivity contribution in [1.29, 1.82) is 0 Å². The number of nitrogens with one attached hydrogen (secondary N) is 1. The van der Waals surface area contributed by atoms with Gasteiger partial charge in [0.2, 0.25) is 0 Å². The Hall–Kier alpha value is -3.27. The number of alkyl halides is 3. The van der Waals surface area contributed by atoms with Crippen molar-refractivity contribution in [1.82, 2.24) is 21.1 Å². The van der Waals surface area contributed by atoms with Gasteiger partial charge in [0.25, 0.3) is 5.91 Å². The first kappa shape index (κ1) is 21.0. The average Bonchev–Trinajstić information content (AvgIpc) is 2.60. The number of nitrogens with two attached hydrogens (primary N) is 1. The lowest BCUT2D eigenvalue weighted by atomic mass is 10.0. The molecule has 6 N–H and O–H groups in total. The van der Waals surface area contributed by atoms with Crippen LogP contribution in [0, 0.1) is 6.92 Å². The van der Waals surface area contributed by atoms with Gasteiger partial charge in [-0.25, -0.2) is 15.0 Å². The summed E-state index contributed by atoms with van der Waals surface area (Å²) in [4.78, 5) is 23.9. The first-order chi connectivity index (χ1) is 12.6. The Bertz CT molecular complexity index is 1020. The standard InChI is InChI=1S/C18H16F3N5O.H3N/c1-9(11-4-3-5-12(6-11)18(19,20)21)24-17-13-7-14(16(22)27)23-8-15(13)25-10(2)26-17;/h3-9H,1-2H3,(H2,22,27)(H,24,25,26);1H3. The Labute approximate surface area is 158 Å². The summed E-state index contributed by atoms with van der Waals surface area (Å²) >= 11 is 0. The van der Waals surface area contributed by atoms with Crippen molar-refractivity contribution in [2.24, 2.45) is 5.73 Å². The van der Waals surface area contributed by atoms with Crippen LogP contribution in [0.2, 0.25) is 0 Å². The average molecular weight is 392 g/mol. The van der Waals surface area contributed by atoms with Gasteiger partial charge in [-0.15, -0.1) is 0 Å². The topological polar surface area (TPSA) is 129 Å². The normalized spacial score (nSPS) is 12.3. The summed E-state index contributed by atoms with van der Waals surface area (Å²) in [6.07, 6.45) is -3.01. The zero-order chi connectivity index (χ0) is 19.8. The molecule has 3 aromatic rings. The van der Waals surface area contributed by atoms with Crippen molar-refractivity contribution in [3.8, 4) is 0 Å². The highest BCUT2D eigenvalue weighted by Crippen LogP contribution is 2.32. The summed E-state index contributed by atoms with van der Waals surface area (Å²) in [5, 5.41) is 3.59. The third-order valence-corrected chi connectivity index (χ3v) is 4.01. The van der Waals surface area contributed by atoms with Crippen molar-refractivity contribution >= 4 is 22.6 Å². The van der Waals surface area contributed by atoms with Crippen LogP contribution in [0.25, 0.3) is 10.9 Å². The van der Waals surface area contributed by atoms with Crippen LogP contribution in [0.1, 0.15) is 40.4 Å². The fraction of sp³-hybridized carbons (Fsp3) is 0.222. The van der Waals surface area contributed by atoms with Crippen LogP contribution in [-0.2, 0) is 6.18 Å². The lowest BCUT2D eigenvalue weighted by molar-refractivity contribution is -0.137. The molecule has 0 fully saturated rings. The highest BCUT2D eigenvalue weighted by Gasteiger charge is 2.30. The van der Waals surface area contributed by atoms with Gasteiger partial charge in [-0.2, -0.15) is 13.2 Å². The number of carbonyl (C=O) groups is 1. The molecule has 0 bridgehead atoms. The number of hydrogen-bond acceptors (Lipinski definition) is 6. The molecule has 1 amide bonds. The van der Waals surface area contributed by atoms with Gasteiger partial charge in [-0.1, -0.05) is 12.1 Å². The lowest BCUT2D eigenvalue weighted by Crippen LogP contribution is -2.14. The van der Waals surface area contributed by atoms with Crippen LogP contribution in [0.3, 0.4) is 0 Å². The number of rotatable bonds is 4. The van der Waals surface area contributed by atoms with Gasteiger partial charge in [-0.3, -0.25) is 4.79 Å². The van der Waals surface area contributed by atoms with E-state index in [0.717, 1.165) is 12.1 Å². The molecule has 1 aromatic carbocycles. The van der Waals surface area contributed by atoms with Gasteiger partial charge in [0, 0.05) is 11.4 Å². The van der Waals surface area contributed by atoms with Crippen LogP contribution >= 0.6 is 0 Å². The van der Waals surface area contributed by atoms with E-state index in [1.165, 1.54) is 18.3 Å². The molecule has 0 radical (unpaired) electrons. The molecule has 3 rings (SSSR count). The van der Waals surface area contributed by atoms with Crippen LogP contribution in [0.15, 0.2) is 36.5 Å². The molecule has 0 saturated carbocycles. The van der Waals surface area contributed by atoms with Crippen molar-refractivity contribution in [2.45, 2.75) is 26.1 Å². The molecule has 148 valence electrons. The molecule has 7 nitrogen and oxygen atoms in total. The summed E-state index contributed by atoms with van der Waals surface area (Å²) in [5.74, 6) is 0.136. The summed E-state index contributed by atoms with van der Waals surface area (Å²) in [6, 6.07) is 6.04. The zero-order valence-electron chi connectivity index (χ0n) is 15.2. The minimum atomic E-state index is -4.42. The van der Waals surface area contributed by atoms with Gasteiger partial charge in [0.1, 0.15) is 17.3 Å². The fourth-order valence-corrected chi connectivity index (χ4v) is 2.67. The molecule has 0 aliphatic carbocycles. The summed E-state index contributed by atoms with van der Waals surface area (Å²) in [7, 11) is 0. The van der Waals surface area contributed by atoms with E-state index in [0.29, 0.717) is 28.1 Å². The quantitative estimate of drug-likeness (QED) is 0.620. The van der Waals surface area contributed by atoms with Crippen molar-refractivity contribution in [3.05, 3.63) is 59.2 Å². The maximum Gasteiger partial charge on any atom is 0.416 e. The minimum Gasteiger partial charge on any atom is -0.364 e. The highest BCUT2D eigenvalue weighted by molar-refractivity contribution is 5.97. The molecule has 2 heterocycles. The zero-order valence-corrected chi connectivity index (χ0v) is 15.2. The van der Waals surface area contributed by atoms with Crippen LogP contribution in [0.4, 0.5) is 19.0 Å². The number of fused-ring (bicyclic) bond motifs is 1. The number of primary amides is 1. The Kier molecular flexibility index (Phi) is 5.84. The summed E-state index contributed by atoms with van der Waals surface area (Å²) in [6.45, 7) is 3.40. The Morgan fingerprint density at radius 3 is 2.57 bits per heavy atom. The second kappa shape index (κ2) is 7.77. The third kappa shape index (κ3) is 4.34. The van der Waals surface area contributed by atoms with Crippen molar-refractivity contribution in [2.75, 3.05) is 5.32 Å². The number of benzene rings is 1. The number of aromatic nitrogens is 3. The number of aryl methyl sites for hydroxylation is 1. The molecule has 0 aliphatic heterocycles. The van der Waals surface area contributed by atoms with Crippen molar-refractivity contribution in [3.63, 3.8) is 0 Å². The van der Waals surface area contributed by atoms with Gasteiger partial charge in [0.05, 0.1) is 17.3 Å². The fourth-order valence-electron chi connectivity index (χ4n) is 2.67. The van der Waals surface area contributed by atoms with Gasteiger partial charge >= 0.3 is 6.18 Å². The second-order valence-corrected chi connectivity index (χ2v) is 6.06. The maximum atomic E-state index is 12.9. The van der Waals surface area contributed by atoms with E-state index in [4.69, 9.17) is 5.73 Å². The smallest absolute Gasteiger partial charge is 0.364 e. The van der Waals surface area contributed by atoms with E-state index in [9.17, 15) is 18.0 Å². The van der Waals surface area contributed by atoms with Gasteiger partial charge < -0.3 is 17.2 Å². The summed E-state index contributed by atoms with van der Waals surface area (Å²) < 4.78 is 38.8. The molecular formula is C18H19F3N6O. The van der Waals surface area contributed by atoms with E-state index < -0.39 is 23.7 Å². The largest absolute Gasteiger partial charge is 0.416 e. The molecule has 0 spiro atoms. The second-order valence-electron chi connectivity index (χ2n) is 6.06. The lowest BCUT2D eigenvalue weighted by Gasteiger charge is -2.18. The molecule has 2 aromatic heterocycles. The van der Waals surface area contributed by atoms with E-state index in [1.807, 2.05) is 0 Å². The predicted octanol–water partition coefficient (Wildman–Crippen LogP) is 3.79. The Morgan fingerprint density at radius 1 is 1.21 bits per heavy atom. The molecule has 1 atom stereocenters. The van der Waals surface area contributed by atoms with Gasteiger partial charge in [-0.05, 0) is 37.6 Å². The monoisotopic (exact) mass is 392 g/mol. The van der Waals surface area contributed by atoms with E-state index in [1.54, 1.807) is 19.9 Å². The van der Waals surface area contributed by atoms with Crippen LogP contribution < -0.4 is 17.2 Å². The number of pyridine rings is 1. The number of amides is 1. The number of halogens is 3. The molecule has 10 heteroatoms. The van der Waals surface area contributed by atoms with Crippen molar-refractivity contribution < 1.29 is 18.0 Å². The molecule has 1 unspecified atom stereocenters. The number of nitrogens with zero attached hydrogens (tertiary/aromatic N) is 3. The van der Waals surface area contributed by atoms with Crippen LogP contribution in [-0.4, -0.2) is 20.9 Å². The first-order valence-electron chi connectivity index (χ1n) is 8.03. The predicted molar refractivity (Wildman–Crippen MR) is 99.1 cm³/mol. The minimum absolute atomic E-state index is 0.